The maximum absolute atomic E-state index is 13.0. The maximum atomic E-state index is 13.0. The minimum Gasteiger partial charge on any atom is -0.479 e. The summed E-state index contributed by atoms with van der Waals surface area (Å²) >= 11 is 6.09. The molecule has 1 heterocycles. The zero-order valence-corrected chi connectivity index (χ0v) is 19.8. The van der Waals surface area contributed by atoms with Crippen LogP contribution in [-0.2, 0) is 16.0 Å². The first-order valence-corrected chi connectivity index (χ1v) is 11.9. The highest BCUT2D eigenvalue weighted by Gasteiger charge is 2.32. The molecule has 3 aromatic carbocycles. The summed E-state index contributed by atoms with van der Waals surface area (Å²) in [6, 6.07) is 24.2. The molecule has 3 aromatic rings. The van der Waals surface area contributed by atoms with Crippen LogP contribution in [0.3, 0.4) is 0 Å². The van der Waals surface area contributed by atoms with Crippen LogP contribution in [0.2, 0.25) is 5.02 Å². The Hall–Kier alpha value is -3.23. The number of halogens is 1. The molecule has 2 unspecified atom stereocenters. The summed E-state index contributed by atoms with van der Waals surface area (Å²) in [4.78, 5) is 24.3. The molecule has 35 heavy (non-hydrogen) atoms. The van der Waals surface area contributed by atoms with Crippen molar-refractivity contribution >= 4 is 23.5 Å². The van der Waals surface area contributed by atoms with E-state index in [1.165, 1.54) is 0 Å². The second-order valence-corrected chi connectivity index (χ2v) is 9.18. The topological polar surface area (TPSA) is 111 Å². The highest BCUT2D eigenvalue weighted by atomic mass is 35.5. The normalized spacial score (nSPS) is 19.1. The smallest absolute Gasteiger partial charge is 0.332 e. The number of hydrogen-bond donors (Lipinski definition) is 5. The molecule has 0 bridgehead atoms. The monoisotopic (exact) mass is 493 g/mol. The SMILES string of the molecule is O=C(N[C@H](Cc1ccc(-c2ccccc2)cc1)C[C@@H](O)C(=O)O)C1CC(c2cccc(Cl)c2)NN1. The van der Waals surface area contributed by atoms with Gasteiger partial charge in [0.25, 0.3) is 0 Å². The Kier molecular flexibility index (Phi) is 8.15. The molecule has 182 valence electrons. The number of hydrazine groups is 1. The molecular formula is C27H28ClN3O4. The standard InChI is InChI=1S/C27H28ClN3O4/c28-21-8-4-7-20(14-21)23-16-24(31-30-23)26(33)29-22(15-25(32)27(34)35)13-17-9-11-19(12-10-17)18-5-2-1-3-6-18/h1-12,14,22-25,30-32H,13,15-16H2,(H,29,33)(H,34,35)/t22-,23?,24?,25-/m1/s1. The van der Waals surface area contributed by atoms with Gasteiger partial charge in [0.15, 0.2) is 6.10 Å². The summed E-state index contributed by atoms with van der Waals surface area (Å²) in [6.07, 6.45) is -0.771. The Morgan fingerprint density at radius 2 is 1.69 bits per heavy atom. The van der Waals surface area contributed by atoms with E-state index in [-0.39, 0.29) is 18.4 Å². The molecule has 0 aromatic heterocycles. The van der Waals surface area contributed by atoms with E-state index in [1.807, 2.05) is 72.8 Å². The van der Waals surface area contributed by atoms with E-state index in [9.17, 15) is 19.8 Å². The number of aliphatic carboxylic acids is 1. The van der Waals surface area contributed by atoms with Crippen molar-refractivity contribution in [3.05, 3.63) is 95.0 Å². The molecule has 0 radical (unpaired) electrons. The zero-order chi connectivity index (χ0) is 24.8. The van der Waals surface area contributed by atoms with Gasteiger partial charge < -0.3 is 15.5 Å². The fraction of sp³-hybridized carbons (Fsp3) is 0.259. The average Bonchev–Trinajstić information content (AvgIpc) is 3.36. The number of carbonyl (C=O) groups excluding carboxylic acids is 1. The van der Waals surface area contributed by atoms with E-state index in [2.05, 4.69) is 16.2 Å². The number of carboxylic acid groups (broad SMARTS) is 1. The van der Waals surface area contributed by atoms with Gasteiger partial charge in [0.2, 0.25) is 5.91 Å². The first-order valence-electron chi connectivity index (χ1n) is 11.5. The number of nitrogens with one attached hydrogen (secondary N) is 3. The van der Waals surface area contributed by atoms with Crippen molar-refractivity contribution in [2.75, 3.05) is 0 Å². The van der Waals surface area contributed by atoms with E-state index < -0.39 is 24.2 Å². The minimum atomic E-state index is -1.57. The number of hydrogen-bond acceptors (Lipinski definition) is 5. The van der Waals surface area contributed by atoms with Crippen molar-refractivity contribution in [1.29, 1.82) is 0 Å². The predicted octanol–water partition coefficient (Wildman–Crippen LogP) is 3.48. The molecule has 4 rings (SSSR count). The fourth-order valence-corrected chi connectivity index (χ4v) is 4.48. The first-order chi connectivity index (χ1) is 16.9. The Labute approximate surface area is 209 Å². The number of benzene rings is 3. The first kappa shape index (κ1) is 24.9. The number of carboxylic acids is 1. The summed E-state index contributed by atoms with van der Waals surface area (Å²) in [5.74, 6) is -1.57. The van der Waals surface area contributed by atoms with Gasteiger partial charge in [-0.1, -0.05) is 78.3 Å². The summed E-state index contributed by atoms with van der Waals surface area (Å²) in [7, 11) is 0. The lowest BCUT2D eigenvalue weighted by atomic mass is 9.97. The quantitative estimate of drug-likeness (QED) is 0.312. The van der Waals surface area contributed by atoms with Gasteiger partial charge in [0, 0.05) is 23.5 Å². The van der Waals surface area contributed by atoms with Gasteiger partial charge >= 0.3 is 5.97 Å². The van der Waals surface area contributed by atoms with E-state index >= 15 is 0 Å². The summed E-state index contributed by atoms with van der Waals surface area (Å²) < 4.78 is 0. The van der Waals surface area contributed by atoms with Crippen LogP contribution in [0.25, 0.3) is 11.1 Å². The maximum Gasteiger partial charge on any atom is 0.332 e. The third-order valence-electron chi connectivity index (χ3n) is 6.15. The van der Waals surface area contributed by atoms with Gasteiger partial charge in [-0.15, -0.1) is 0 Å². The summed E-state index contributed by atoms with van der Waals surface area (Å²) in [5.41, 5.74) is 10.2. The molecule has 1 amide bonds. The van der Waals surface area contributed by atoms with Crippen LogP contribution in [0.15, 0.2) is 78.9 Å². The van der Waals surface area contributed by atoms with Crippen LogP contribution in [0, 0.1) is 0 Å². The van der Waals surface area contributed by atoms with E-state index in [0.717, 1.165) is 22.3 Å². The average molecular weight is 494 g/mol. The van der Waals surface area contributed by atoms with Crippen molar-refractivity contribution in [3.63, 3.8) is 0 Å². The number of amides is 1. The van der Waals surface area contributed by atoms with Crippen LogP contribution >= 0.6 is 11.6 Å². The molecule has 4 atom stereocenters. The van der Waals surface area contributed by atoms with E-state index in [1.54, 1.807) is 6.07 Å². The van der Waals surface area contributed by atoms with Crippen molar-refractivity contribution in [2.45, 2.75) is 43.5 Å². The Morgan fingerprint density at radius 3 is 2.37 bits per heavy atom. The van der Waals surface area contributed by atoms with Gasteiger partial charge in [-0.3, -0.25) is 4.79 Å². The molecule has 5 N–H and O–H groups in total. The molecule has 1 fully saturated rings. The van der Waals surface area contributed by atoms with Gasteiger partial charge in [-0.2, -0.15) is 0 Å². The molecule has 8 heteroatoms. The third kappa shape index (κ3) is 6.68. The highest BCUT2D eigenvalue weighted by molar-refractivity contribution is 6.30. The lowest BCUT2D eigenvalue weighted by molar-refractivity contribution is -0.147. The van der Waals surface area contributed by atoms with Crippen molar-refractivity contribution in [1.82, 2.24) is 16.2 Å². The third-order valence-corrected chi connectivity index (χ3v) is 6.39. The number of rotatable bonds is 9. The molecule has 0 saturated carbocycles. The summed E-state index contributed by atoms with van der Waals surface area (Å²) in [6.45, 7) is 0. The van der Waals surface area contributed by atoms with Crippen LogP contribution < -0.4 is 16.2 Å². The van der Waals surface area contributed by atoms with Crippen molar-refractivity contribution in [3.8, 4) is 11.1 Å². The minimum absolute atomic E-state index is 0.0851. The number of carbonyl (C=O) groups is 2. The number of aliphatic hydroxyl groups is 1. The summed E-state index contributed by atoms with van der Waals surface area (Å²) in [5, 5.41) is 22.7. The Morgan fingerprint density at radius 1 is 0.971 bits per heavy atom. The van der Waals surface area contributed by atoms with Crippen LogP contribution in [0.4, 0.5) is 0 Å². The lowest BCUT2D eigenvalue weighted by Crippen LogP contribution is -2.48. The Balaban J connectivity index is 1.42. The zero-order valence-electron chi connectivity index (χ0n) is 19.0. The molecule has 0 aliphatic carbocycles. The lowest BCUT2D eigenvalue weighted by Gasteiger charge is -2.22. The molecule has 7 nitrogen and oxygen atoms in total. The highest BCUT2D eigenvalue weighted by Crippen LogP contribution is 2.25. The fourth-order valence-electron chi connectivity index (χ4n) is 4.28. The molecular weight excluding hydrogens is 466 g/mol. The van der Waals surface area contributed by atoms with Crippen LogP contribution in [-0.4, -0.2) is 40.3 Å². The van der Waals surface area contributed by atoms with Crippen molar-refractivity contribution in [2.24, 2.45) is 0 Å². The van der Waals surface area contributed by atoms with E-state index in [0.29, 0.717) is 17.9 Å². The van der Waals surface area contributed by atoms with Gasteiger partial charge in [0.05, 0.1) is 0 Å². The molecule has 1 saturated heterocycles. The van der Waals surface area contributed by atoms with Crippen molar-refractivity contribution < 1.29 is 19.8 Å². The van der Waals surface area contributed by atoms with Crippen LogP contribution in [0.5, 0.6) is 0 Å². The second-order valence-electron chi connectivity index (χ2n) is 8.75. The van der Waals surface area contributed by atoms with Gasteiger partial charge in [0.1, 0.15) is 6.04 Å². The van der Waals surface area contributed by atoms with Crippen LogP contribution in [0.1, 0.15) is 30.0 Å². The molecule has 1 aliphatic rings. The molecule has 0 spiro atoms. The predicted molar refractivity (Wildman–Crippen MR) is 135 cm³/mol. The Bertz CT molecular complexity index is 1160. The van der Waals surface area contributed by atoms with E-state index in [4.69, 9.17) is 11.6 Å². The number of aliphatic hydroxyl groups excluding tert-OH is 1. The largest absolute Gasteiger partial charge is 0.479 e. The second kappa shape index (κ2) is 11.5. The van der Waals surface area contributed by atoms with Gasteiger partial charge in [-0.05, 0) is 47.2 Å². The molecule has 1 aliphatic heterocycles. The van der Waals surface area contributed by atoms with Gasteiger partial charge in [-0.25, -0.2) is 15.6 Å².